The van der Waals surface area contributed by atoms with E-state index in [1.165, 1.54) is 33.0 Å². The molecule has 8 aromatic rings. The summed E-state index contributed by atoms with van der Waals surface area (Å²) in [5.74, 6) is 1.89. The van der Waals surface area contributed by atoms with Crippen molar-refractivity contribution >= 4 is 21.8 Å². The fourth-order valence-corrected chi connectivity index (χ4v) is 7.23. The maximum Gasteiger partial charge on any atom is 0.238 e. The number of fused-ring (bicyclic) bond motifs is 7. The summed E-state index contributed by atoms with van der Waals surface area (Å²) in [7, 11) is 0. The van der Waals surface area contributed by atoms with Gasteiger partial charge in [-0.1, -0.05) is 147 Å². The molecule has 218 valence electrons. The zero-order chi connectivity index (χ0) is 30.8. The van der Waals surface area contributed by atoms with Gasteiger partial charge in [-0.3, -0.25) is 4.57 Å². The van der Waals surface area contributed by atoms with Crippen LogP contribution < -0.4 is 0 Å². The minimum Gasteiger partial charge on any atom is -0.277 e. The van der Waals surface area contributed by atoms with Gasteiger partial charge in [-0.15, -0.1) is 0 Å². The van der Waals surface area contributed by atoms with Gasteiger partial charge >= 0.3 is 0 Å². The first-order chi connectivity index (χ1) is 22.6. The van der Waals surface area contributed by atoms with Gasteiger partial charge in [-0.05, 0) is 39.9 Å². The number of hydrogen-bond donors (Lipinski definition) is 0. The quantitative estimate of drug-likeness (QED) is 0.205. The summed E-state index contributed by atoms with van der Waals surface area (Å²) >= 11 is 0. The van der Waals surface area contributed by atoms with Crippen LogP contribution in [0.2, 0.25) is 0 Å². The first-order valence-corrected chi connectivity index (χ1v) is 15.7. The van der Waals surface area contributed by atoms with Gasteiger partial charge < -0.3 is 0 Å². The van der Waals surface area contributed by atoms with Gasteiger partial charge in [0, 0.05) is 32.9 Å². The third-order valence-corrected chi connectivity index (χ3v) is 9.46. The Morgan fingerprint density at radius 1 is 0.478 bits per heavy atom. The molecule has 0 aliphatic heterocycles. The second-order valence-electron chi connectivity index (χ2n) is 12.5. The van der Waals surface area contributed by atoms with Gasteiger partial charge in [0.25, 0.3) is 0 Å². The van der Waals surface area contributed by atoms with Crippen LogP contribution in [0, 0.1) is 0 Å². The zero-order valence-corrected chi connectivity index (χ0v) is 25.6. The second kappa shape index (κ2) is 10.1. The molecule has 6 aromatic carbocycles. The molecule has 2 aromatic heterocycles. The standard InChI is InChI=1S/C42H30N4/c1-42(2)34-22-11-9-21-33(34)37-35(42)25-24-32-31-20-10-12-23-36(31)46(38(32)37)41-44-39(28-16-7-4-8-17-28)43-40(45-41)30-19-13-18-29(26-30)27-14-5-3-6-15-27/h3-26H,1-2H3. The van der Waals surface area contributed by atoms with Gasteiger partial charge in [0.05, 0.1) is 11.0 Å². The number of aromatic nitrogens is 4. The maximum absolute atomic E-state index is 5.27. The molecule has 4 heteroatoms. The summed E-state index contributed by atoms with van der Waals surface area (Å²) in [4.78, 5) is 15.6. The van der Waals surface area contributed by atoms with Crippen LogP contribution in [0.1, 0.15) is 25.0 Å². The summed E-state index contributed by atoms with van der Waals surface area (Å²) in [6.45, 7) is 4.65. The van der Waals surface area contributed by atoms with Crippen molar-refractivity contribution in [3.8, 4) is 51.0 Å². The van der Waals surface area contributed by atoms with Crippen molar-refractivity contribution in [1.29, 1.82) is 0 Å². The lowest BCUT2D eigenvalue weighted by molar-refractivity contribution is 0.660. The van der Waals surface area contributed by atoms with Crippen LogP contribution in [-0.2, 0) is 5.41 Å². The molecule has 0 saturated heterocycles. The second-order valence-corrected chi connectivity index (χ2v) is 12.5. The van der Waals surface area contributed by atoms with Crippen molar-refractivity contribution in [1.82, 2.24) is 19.5 Å². The van der Waals surface area contributed by atoms with E-state index in [4.69, 9.17) is 15.0 Å². The largest absolute Gasteiger partial charge is 0.277 e. The van der Waals surface area contributed by atoms with Gasteiger partial charge in [-0.25, -0.2) is 4.98 Å². The topological polar surface area (TPSA) is 43.6 Å². The molecule has 2 heterocycles. The number of hydrogen-bond acceptors (Lipinski definition) is 3. The van der Waals surface area contributed by atoms with Gasteiger partial charge in [0.15, 0.2) is 11.6 Å². The SMILES string of the molecule is CC1(C)c2ccccc2-c2c1ccc1c3ccccc3n(-c3nc(-c4ccccc4)nc(-c4cccc(-c5ccccc5)c4)n3)c21. The molecule has 0 amide bonds. The molecule has 0 bridgehead atoms. The average molecular weight is 591 g/mol. The van der Waals surface area contributed by atoms with Crippen LogP contribution in [0.4, 0.5) is 0 Å². The molecule has 4 nitrogen and oxygen atoms in total. The monoisotopic (exact) mass is 590 g/mol. The highest BCUT2D eigenvalue weighted by atomic mass is 15.2. The molecule has 0 saturated carbocycles. The third kappa shape index (κ3) is 3.97. The molecule has 0 fully saturated rings. The first-order valence-electron chi connectivity index (χ1n) is 15.7. The van der Waals surface area contributed by atoms with Gasteiger partial charge in [0.1, 0.15) is 0 Å². The van der Waals surface area contributed by atoms with Crippen molar-refractivity contribution in [3.05, 3.63) is 157 Å². The summed E-state index contributed by atoms with van der Waals surface area (Å²) < 4.78 is 2.26. The molecular formula is C42H30N4. The van der Waals surface area contributed by atoms with E-state index in [2.05, 4.69) is 140 Å². The minimum atomic E-state index is -0.126. The number of rotatable bonds is 4. The highest BCUT2D eigenvalue weighted by molar-refractivity contribution is 6.15. The molecule has 0 spiro atoms. The molecule has 9 rings (SSSR count). The third-order valence-electron chi connectivity index (χ3n) is 9.46. The van der Waals surface area contributed by atoms with Crippen LogP contribution >= 0.6 is 0 Å². The van der Waals surface area contributed by atoms with Crippen molar-refractivity contribution in [3.63, 3.8) is 0 Å². The summed E-state index contributed by atoms with van der Waals surface area (Å²) in [5, 5.41) is 2.37. The smallest absolute Gasteiger partial charge is 0.238 e. The lowest BCUT2D eigenvalue weighted by Gasteiger charge is -2.21. The number of benzene rings is 6. The normalized spacial score (nSPS) is 13.2. The number of para-hydroxylation sites is 1. The molecule has 0 atom stereocenters. The van der Waals surface area contributed by atoms with E-state index in [0.717, 1.165) is 33.3 Å². The molecule has 0 radical (unpaired) electrons. The molecule has 0 N–H and O–H groups in total. The fourth-order valence-electron chi connectivity index (χ4n) is 7.23. The van der Waals surface area contributed by atoms with E-state index in [1.807, 2.05) is 24.3 Å². The average Bonchev–Trinajstić information content (AvgIpc) is 3.58. The summed E-state index contributed by atoms with van der Waals surface area (Å²) in [6, 6.07) is 51.1. The van der Waals surface area contributed by atoms with Crippen LogP contribution in [0.15, 0.2) is 146 Å². The Bertz CT molecular complexity index is 2440. The van der Waals surface area contributed by atoms with Gasteiger partial charge in [-0.2, -0.15) is 9.97 Å². The Morgan fingerprint density at radius 2 is 1.11 bits per heavy atom. The molecule has 46 heavy (non-hydrogen) atoms. The van der Waals surface area contributed by atoms with Crippen LogP contribution in [0.3, 0.4) is 0 Å². The van der Waals surface area contributed by atoms with Crippen molar-refractivity contribution in [2.24, 2.45) is 0 Å². The van der Waals surface area contributed by atoms with E-state index >= 15 is 0 Å². The van der Waals surface area contributed by atoms with Crippen LogP contribution in [-0.4, -0.2) is 19.5 Å². The van der Waals surface area contributed by atoms with Crippen molar-refractivity contribution in [2.45, 2.75) is 19.3 Å². The Kier molecular flexibility index (Phi) is 5.81. The molecule has 1 aliphatic carbocycles. The first kappa shape index (κ1) is 26.5. The van der Waals surface area contributed by atoms with E-state index < -0.39 is 0 Å². The Balaban J connectivity index is 1.37. The Morgan fingerprint density at radius 3 is 1.91 bits per heavy atom. The van der Waals surface area contributed by atoms with Crippen molar-refractivity contribution < 1.29 is 0 Å². The Hall–Kier alpha value is -5.87. The summed E-state index contributed by atoms with van der Waals surface area (Å²) in [5.41, 5.74) is 11.4. The Labute approximate surface area is 267 Å². The lowest BCUT2D eigenvalue weighted by Crippen LogP contribution is -2.14. The summed E-state index contributed by atoms with van der Waals surface area (Å²) in [6.07, 6.45) is 0. The van der Waals surface area contributed by atoms with Crippen LogP contribution in [0.5, 0.6) is 0 Å². The van der Waals surface area contributed by atoms with Gasteiger partial charge in [0.2, 0.25) is 5.95 Å². The predicted molar refractivity (Wildman–Crippen MR) is 188 cm³/mol. The molecule has 1 aliphatic rings. The predicted octanol–water partition coefficient (Wildman–Crippen LogP) is 10.3. The highest BCUT2D eigenvalue weighted by Gasteiger charge is 2.37. The highest BCUT2D eigenvalue weighted by Crippen LogP contribution is 2.52. The lowest BCUT2D eigenvalue weighted by atomic mass is 9.82. The van der Waals surface area contributed by atoms with E-state index in [9.17, 15) is 0 Å². The zero-order valence-electron chi connectivity index (χ0n) is 25.6. The fraction of sp³-hybridized carbons (Fsp3) is 0.0714. The van der Waals surface area contributed by atoms with E-state index in [1.54, 1.807) is 0 Å². The maximum atomic E-state index is 5.27. The van der Waals surface area contributed by atoms with E-state index in [0.29, 0.717) is 17.6 Å². The van der Waals surface area contributed by atoms with Crippen LogP contribution in [0.25, 0.3) is 72.8 Å². The molecular weight excluding hydrogens is 560 g/mol. The van der Waals surface area contributed by atoms with Crippen molar-refractivity contribution in [2.75, 3.05) is 0 Å². The number of nitrogens with zero attached hydrogens (tertiary/aromatic N) is 4. The minimum absolute atomic E-state index is 0.126. The van der Waals surface area contributed by atoms with E-state index in [-0.39, 0.29) is 5.41 Å². The molecule has 0 unspecified atom stereocenters.